The van der Waals surface area contributed by atoms with Gasteiger partial charge < -0.3 is 9.47 Å². The molecule has 0 N–H and O–H groups in total. The van der Waals surface area contributed by atoms with E-state index in [9.17, 15) is 4.79 Å². The number of Topliss-reactive ketones (excluding diaryl/α,β-unsaturated/α-hetero) is 1. The molecule has 4 heteroatoms. The first kappa shape index (κ1) is 21.8. The molecule has 0 spiro atoms. The highest BCUT2D eigenvalue weighted by Crippen LogP contribution is 2.38. The average molecular weight is 411 g/mol. The molecule has 0 bridgehead atoms. The van der Waals surface area contributed by atoms with Crippen LogP contribution in [0, 0.1) is 0 Å². The van der Waals surface area contributed by atoms with Gasteiger partial charge in [0.2, 0.25) is 0 Å². The minimum Gasteiger partial charge on any atom is -0.496 e. The number of carbonyl (C=O) groups is 1. The number of carbonyl (C=O) groups excluding carboxylic acids is 1. The van der Waals surface area contributed by atoms with Crippen molar-refractivity contribution in [3.8, 4) is 11.5 Å². The highest BCUT2D eigenvalue weighted by Gasteiger charge is 2.25. The number of halogens is 1. The Morgan fingerprint density at radius 3 is 2.40 bits per heavy atom. The molecule has 0 aliphatic carbocycles. The van der Waals surface area contributed by atoms with Crippen molar-refractivity contribution in [2.75, 3.05) is 19.0 Å². The van der Waals surface area contributed by atoms with E-state index in [2.05, 4.69) is 36.4 Å². The molecule has 0 atom stereocenters. The molecule has 0 amide bonds. The number of ketones is 1. The summed E-state index contributed by atoms with van der Waals surface area (Å²) in [6, 6.07) is 3.97. The van der Waals surface area contributed by atoms with Gasteiger partial charge in [0, 0.05) is 5.33 Å². The fourth-order valence-corrected chi connectivity index (χ4v) is 3.31. The van der Waals surface area contributed by atoms with Gasteiger partial charge in [-0.1, -0.05) is 61.7 Å². The van der Waals surface area contributed by atoms with Gasteiger partial charge in [-0.2, -0.15) is 0 Å². The number of hydrogen-bond donors (Lipinski definition) is 0. The third kappa shape index (κ3) is 6.50. The Morgan fingerprint density at radius 1 is 1.20 bits per heavy atom. The van der Waals surface area contributed by atoms with Gasteiger partial charge in [-0.05, 0) is 42.9 Å². The normalized spacial score (nSPS) is 11.2. The summed E-state index contributed by atoms with van der Waals surface area (Å²) in [6.45, 7) is 10.0. The first-order valence-corrected chi connectivity index (χ1v) is 10.0. The topological polar surface area (TPSA) is 35.5 Å². The quantitative estimate of drug-likeness (QED) is 0.181. The van der Waals surface area contributed by atoms with E-state index in [1.165, 1.54) is 32.6 Å². The summed E-state index contributed by atoms with van der Waals surface area (Å²) in [4.78, 5) is 12.1. The maximum Gasteiger partial charge on any atom is 0.167 e. The van der Waals surface area contributed by atoms with Crippen molar-refractivity contribution in [2.45, 2.75) is 58.3 Å². The summed E-state index contributed by atoms with van der Waals surface area (Å²) >= 11 is 3.48. The van der Waals surface area contributed by atoms with Crippen molar-refractivity contribution >= 4 is 21.7 Å². The summed E-state index contributed by atoms with van der Waals surface area (Å²) < 4.78 is 11.2. The molecule has 3 nitrogen and oxygen atoms in total. The molecule has 1 aromatic carbocycles. The zero-order valence-electron chi connectivity index (χ0n) is 16.0. The number of methoxy groups -OCH3 is 1. The molecule has 0 unspecified atom stereocenters. The molecule has 0 aromatic heterocycles. The number of hydrogen-bond acceptors (Lipinski definition) is 3. The Bertz CT molecular complexity index is 579. The summed E-state index contributed by atoms with van der Waals surface area (Å²) in [5, 5.41) is 1.07. The Labute approximate surface area is 160 Å². The van der Waals surface area contributed by atoms with Crippen molar-refractivity contribution in [3.05, 3.63) is 35.9 Å². The summed E-state index contributed by atoms with van der Waals surface area (Å²) in [5.41, 5.74) is 1.62. The summed E-state index contributed by atoms with van der Waals surface area (Å²) in [6.07, 6.45) is 7.65. The lowest BCUT2D eigenvalue weighted by molar-refractivity contribution is 0.101. The van der Waals surface area contributed by atoms with Crippen LogP contribution < -0.4 is 9.47 Å². The van der Waals surface area contributed by atoms with Crippen LogP contribution in [0.5, 0.6) is 11.5 Å². The van der Waals surface area contributed by atoms with Crippen LogP contribution in [0.15, 0.2) is 24.8 Å². The Morgan fingerprint density at radius 2 is 1.84 bits per heavy atom. The fourth-order valence-electron chi connectivity index (χ4n) is 2.91. The van der Waals surface area contributed by atoms with Gasteiger partial charge in [-0.15, -0.1) is 0 Å². The van der Waals surface area contributed by atoms with Gasteiger partial charge in [0.25, 0.3) is 0 Å². The highest BCUT2D eigenvalue weighted by atomic mass is 79.9. The maximum atomic E-state index is 12.1. The van der Waals surface area contributed by atoms with E-state index in [0.717, 1.165) is 17.3 Å². The molecule has 25 heavy (non-hydrogen) atoms. The smallest absolute Gasteiger partial charge is 0.167 e. The highest BCUT2D eigenvalue weighted by molar-refractivity contribution is 9.09. The lowest BCUT2D eigenvalue weighted by Crippen LogP contribution is -2.18. The number of unbranched alkanes of at least 4 members (excludes halogenated alkanes) is 3. The average Bonchev–Trinajstić information content (AvgIpc) is 2.58. The van der Waals surface area contributed by atoms with Crippen LogP contribution in [-0.4, -0.2) is 24.8 Å². The standard InChI is InChI=1S/C21H31BrO3/c1-6-13-25-19-15-17(14-18(24-5)20(19)16(2)23)21(3,4)11-9-7-8-10-12-22/h6,14-15H,1,7-13H2,2-5H3. The maximum absolute atomic E-state index is 12.1. The minimum absolute atomic E-state index is 0.0106. The molecule has 0 radical (unpaired) electrons. The predicted octanol–water partition coefficient (Wildman–Crippen LogP) is 6.09. The molecule has 0 fully saturated rings. The molecule has 0 aliphatic rings. The van der Waals surface area contributed by atoms with Gasteiger partial charge >= 0.3 is 0 Å². The first-order valence-electron chi connectivity index (χ1n) is 8.90. The Hall–Kier alpha value is -1.29. The van der Waals surface area contributed by atoms with Crippen LogP contribution in [0.3, 0.4) is 0 Å². The van der Waals surface area contributed by atoms with Crippen molar-refractivity contribution in [1.82, 2.24) is 0 Å². The number of alkyl halides is 1. The predicted molar refractivity (Wildman–Crippen MR) is 109 cm³/mol. The van der Waals surface area contributed by atoms with Crippen LogP contribution in [0.4, 0.5) is 0 Å². The largest absolute Gasteiger partial charge is 0.496 e. The molecule has 0 saturated carbocycles. The van der Waals surface area contributed by atoms with E-state index in [1.54, 1.807) is 13.2 Å². The van der Waals surface area contributed by atoms with E-state index in [-0.39, 0.29) is 11.2 Å². The van der Waals surface area contributed by atoms with Crippen molar-refractivity contribution in [1.29, 1.82) is 0 Å². The van der Waals surface area contributed by atoms with E-state index in [1.807, 2.05) is 12.1 Å². The number of rotatable bonds is 12. The Kier molecular flexibility index (Phi) is 9.26. The molecule has 0 heterocycles. The van der Waals surface area contributed by atoms with Gasteiger partial charge in [0.15, 0.2) is 5.78 Å². The summed E-state index contributed by atoms with van der Waals surface area (Å²) in [5.74, 6) is 1.10. The van der Waals surface area contributed by atoms with Gasteiger partial charge in [0.1, 0.15) is 23.7 Å². The first-order chi connectivity index (χ1) is 11.9. The minimum atomic E-state index is -0.0601. The second-order valence-corrected chi connectivity index (χ2v) is 7.74. The molecule has 0 saturated heterocycles. The molecule has 1 aromatic rings. The second-order valence-electron chi connectivity index (χ2n) is 6.94. The van der Waals surface area contributed by atoms with Crippen LogP contribution in [-0.2, 0) is 5.41 Å². The monoisotopic (exact) mass is 410 g/mol. The van der Waals surface area contributed by atoms with E-state index in [0.29, 0.717) is 23.7 Å². The van der Waals surface area contributed by atoms with Crippen LogP contribution in [0.2, 0.25) is 0 Å². The van der Waals surface area contributed by atoms with Crippen molar-refractivity contribution < 1.29 is 14.3 Å². The lowest BCUT2D eigenvalue weighted by Gasteiger charge is -2.27. The second kappa shape index (κ2) is 10.6. The SMILES string of the molecule is C=CCOc1cc(C(C)(C)CCCCCCBr)cc(OC)c1C(C)=O. The molecular formula is C21H31BrO3. The van der Waals surface area contributed by atoms with E-state index < -0.39 is 0 Å². The summed E-state index contributed by atoms with van der Waals surface area (Å²) in [7, 11) is 1.59. The fraction of sp³-hybridized carbons (Fsp3) is 0.571. The van der Waals surface area contributed by atoms with E-state index in [4.69, 9.17) is 9.47 Å². The van der Waals surface area contributed by atoms with E-state index >= 15 is 0 Å². The van der Waals surface area contributed by atoms with Crippen LogP contribution in [0.1, 0.15) is 68.8 Å². The van der Waals surface area contributed by atoms with Crippen LogP contribution >= 0.6 is 15.9 Å². The molecule has 0 aliphatic heterocycles. The zero-order chi connectivity index (χ0) is 18.9. The Balaban J connectivity index is 3.08. The number of ether oxygens (including phenoxy) is 2. The van der Waals surface area contributed by atoms with Crippen LogP contribution in [0.25, 0.3) is 0 Å². The molecular weight excluding hydrogens is 380 g/mol. The zero-order valence-corrected chi connectivity index (χ0v) is 17.6. The van der Waals surface area contributed by atoms with Crippen molar-refractivity contribution in [2.24, 2.45) is 0 Å². The lowest BCUT2D eigenvalue weighted by atomic mass is 9.79. The van der Waals surface area contributed by atoms with Gasteiger partial charge in [-0.3, -0.25) is 4.79 Å². The van der Waals surface area contributed by atoms with Gasteiger partial charge in [-0.25, -0.2) is 0 Å². The van der Waals surface area contributed by atoms with Gasteiger partial charge in [0.05, 0.1) is 7.11 Å². The molecule has 1 rings (SSSR count). The molecule has 140 valence electrons. The van der Waals surface area contributed by atoms with Crippen molar-refractivity contribution in [3.63, 3.8) is 0 Å². The number of benzene rings is 1. The third-order valence-electron chi connectivity index (χ3n) is 4.46. The third-order valence-corrected chi connectivity index (χ3v) is 5.02.